The SMILES string of the molecule is COC(=O)C1=C(C(=O)OC)N(c2cccc(OC(F)(F)F)c2F)C(N)=C(C#N)C1c1ccccc1. The summed E-state index contributed by atoms with van der Waals surface area (Å²) in [6, 6.07) is 12.5. The number of rotatable bonds is 5. The van der Waals surface area contributed by atoms with Crippen LogP contribution in [0.3, 0.4) is 0 Å². The van der Waals surface area contributed by atoms with Gasteiger partial charge < -0.3 is 19.9 Å². The molecule has 1 atom stereocenters. The van der Waals surface area contributed by atoms with Gasteiger partial charge in [-0.25, -0.2) is 14.0 Å². The van der Waals surface area contributed by atoms with E-state index in [-0.39, 0.29) is 5.57 Å². The Morgan fingerprint density at radius 3 is 2.20 bits per heavy atom. The zero-order chi connectivity index (χ0) is 25.9. The number of hydrogen-bond donors (Lipinski definition) is 1. The molecule has 1 unspecified atom stereocenters. The molecule has 0 aromatic heterocycles. The molecule has 0 radical (unpaired) electrons. The van der Waals surface area contributed by atoms with Crippen molar-refractivity contribution in [2.75, 3.05) is 19.1 Å². The molecular weight excluding hydrogens is 474 g/mol. The Bertz CT molecular complexity index is 1270. The second-order valence-corrected chi connectivity index (χ2v) is 6.97. The van der Waals surface area contributed by atoms with Gasteiger partial charge in [0.2, 0.25) is 0 Å². The number of carbonyl (C=O) groups is 2. The molecule has 0 fully saturated rings. The maximum atomic E-state index is 15.2. The van der Waals surface area contributed by atoms with Crippen molar-refractivity contribution in [3.05, 3.63) is 82.6 Å². The number of esters is 2. The van der Waals surface area contributed by atoms with Gasteiger partial charge in [0.05, 0.1) is 43.0 Å². The molecule has 8 nitrogen and oxygen atoms in total. The first kappa shape index (κ1) is 25.1. The van der Waals surface area contributed by atoms with Crippen molar-refractivity contribution in [1.82, 2.24) is 0 Å². The lowest BCUT2D eigenvalue weighted by Crippen LogP contribution is -2.41. The predicted molar refractivity (Wildman–Crippen MR) is 113 cm³/mol. The molecule has 1 aliphatic rings. The van der Waals surface area contributed by atoms with E-state index in [0.29, 0.717) is 16.5 Å². The standard InChI is InChI=1S/C23H17F4N3O5/c1-33-21(31)17-16(12-7-4-3-5-8-12)13(11-28)20(29)30(19(17)22(32)34-2)14-9-6-10-15(18(14)24)35-23(25,26)27/h3-10,16H,29H2,1-2H3. The van der Waals surface area contributed by atoms with Crippen molar-refractivity contribution >= 4 is 17.6 Å². The maximum absolute atomic E-state index is 15.2. The fourth-order valence-corrected chi connectivity index (χ4v) is 3.64. The fraction of sp³-hybridized carbons (Fsp3) is 0.174. The molecule has 3 rings (SSSR count). The van der Waals surface area contributed by atoms with Crippen molar-refractivity contribution in [3.63, 3.8) is 0 Å². The quantitative estimate of drug-likeness (QED) is 0.498. The topological polar surface area (TPSA) is 115 Å². The molecule has 0 spiro atoms. The smallest absolute Gasteiger partial charge is 0.466 e. The first-order valence-electron chi connectivity index (χ1n) is 9.75. The van der Waals surface area contributed by atoms with Crippen LogP contribution < -0.4 is 15.4 Å². The molecule has 1 heterocycles. The summed E-state index contributed by atoms with van der Waals surface area (Å²) in [5, 5.41) is 9.92. The number of methoxy groups -OCH3 is 2. The summed E-state index contributed by atoms with van der Waals surface area (Å²) in [6.45, 7) is 0. The zero-order valence-electron chi connectivity index (χ0n) is 18.2. The highest BCUT2D eigenvalue weighted by Gasteiger charge is 2.44. The molecule has 1 aliphatic heterocycles. The lowest BCUT2D eigenvalue weighted by molar-refractivity contribution is -0.275. The molecule has 12 heteroatoms. The highest BCUT2D eigenvalue weighted by molar-refractivity contribution is 6.06. The molecule has 0 saturated heterocycles. The van der Waals surface area contributed by atoms with Gasteiger partial charge in [0.25, 0.3) is 0 Å². The third-order valence-electron chi connectivity index (χ3n) is 5.02. The molecule has 0 amide bonds. The summed E-state index contributed by atoms with van der Waals surface area (Å²) < 4.78 is 66.9. The minimum absolute atomic E-state index is 0.286. The van der Waals surface area contributed by atoms with E-state index < -0.39 is 58.6 Å². The molecule has 0 bridgehead atoms. The Labute approximate surface area is 196 Å². The van der Waals surface area contributed by atoms with E-state index in [2.05, 4.69) is 4.74 Å². The normalized spacial score (nSPS) is 16.0. The number of alkyl halides is 3. The van der Waals surface area contributed by atoms with Crippen LogP contribution in [0, 0.1) is 17.1 Å². The molecule has 0 saturated carbocycles. The number of nitrogens with zero attached hydrogens (tertiary/aromatic N) is 2. The minimum atomic E-state index is -5.23. The van der Waals surface area contributed by atoms with Gasteiger partial charge in [-0.05, 0) is 17.7 Å². The second kappa shape index (κ2) is 9.76. The number of hydrogen-bond acceptors (Lipinski definition) is 8. The Balaban J connectivity index is 2.40. The van der Waals surface area contributed by atoms with Crippen LogP contribution in [0.4, 0.5) is 23.2 Å². The predicted octanol–water partition coefficient (Wildman–Crippen LogP) is 3.62. The molecular formula is C23H17F4N3O5. The van der Waals surface area contributed by atoms with E-state index in [9.17, 15) is 28.0 Å². The van der Waals surface area contributed by atoms with Gasteiger partial charge >= 0.3 is 18.3 Å². The summed E-state index contributed by atoms with van der Waals surface area (Å²) in [6.07, 6.45) is -5.23. The van der Waals surface area contributed by atoms with Crippen molar-refractivity contribution in [3.8, 4) is 11.8 Å². The summed E-state index contributed by atoms with van der Waals surface area (Å²) in [5.41, 5.74) is 4.48. The van der Waals surface area contributed by atoms with E-state index in [0.717, 1.165) is 26.4 Å². The second-order valence-electron chi connectivity index (χ2n) is 6.97. The van der Waals surface area contributed by atoms with Gasteiger partial charge in [-0.2, -0.15) is 5.26 Å². The molecule has 182 valence electrons. The number of benzene rings is 2. The number of halogens is 4. The van der Waals surface area contributed by atoms with E-state index >= 15 is 4.39 Å². The van der Waals surface area contributed by atoms with Crippen LogP contribution in [0.1, 0.15) is 11.5 Å². The van der Waals surface area contributed by atoms with Crippen molar-refractivity contribution in [1.29, 1.82) is 5.26 Å². The third kappa shape index (κ3) is 4.74. The lowest BCUT2D eigenvalue weighted by Gasteiger charge is -2.36. The van der Waals surface area contributed by atoms with Crippen LogP contribution in [0.25, 0.3) is 0 Å². The van der Waals surface area contributed by atoms with Crippen LogP contribution in [-0.4, -0.2) is 32.5 Å². The van der Waals surface area contributed by atoms with Crippen LogP contribution in [0.15, 0.2) is 71.2 Å². The summed E-state index contributed by atoms with van der Waals surface area (Å²) in [7, 11) is 1.99. The first-order chi connectivity index (χ1) is 16.6. The van der Waals surface area contributed by atoms with Crippen LogP contribution in [-0.2, 0) is 19.1 Å². The van der Waals surface area contributed by atoms with E-state index in [1.165, 1.54) is 0 Å². The van der Waals surface area contributed by atoms with Crippen LogP contribution in [0.2, 0.25) is 0 Å². The van der Waals surface area contributed by atoms with Gasteiger partial charge in [-0.1, -0.05) is 36.4 Å². The third-order valence-corrected chi connectivity index (χ3v) is 5.02. The molecule has 0 aliphatic carbocycles. The first-order valence-corrected chi connectivity index (χ1v) is 9.75. The maximum Gasteiger partial charge on any atom is 0.573 e. The number of carbonyl (C=O) groups excluding carboxylic acids is 2. The average molecular weight is 491 g/mol. The average Bonchev–Trinajstić information content (AvgIpc) is 2.83. The lowest BCUT2D eigenvalue weighted by atomic mass is 9.81. The number of ether oxygens (including phenoxy) is 3. The number of nitrogens with two attached hydrogens (primary N) is 1. The summed E-state index contributed by atoms with van der Waals surface area (Å²) in [4.78, 5) is 26.4. The largest absolute Gasteiger partial charge is 0.573 e. The molecule has 35 heavy (non-hydrogen) atoms. The number of nitriles is 1. The van der Waals surface area contributed by atoms with E-state index in [1.807, 2.05) is 6.07 Å². The van der Waals surface area contributed by atoms with Crippen molar-refractivity contribution in [2.45, 2.75) is 12.3 Å². The fourth-order valence-electron chi connectivity index (χ4n) is 3.64. The number of allylic oxidation sites excluding steroid dienone is 1. The zero-order valence-corrected chi connectivity index (χ0v) is 18.2. The highest BCUT2D eigenvalue weighted by Crippen LogP contribution is 2.44. The summed E-state index contributed by atoms with van der Waals surface area (Å²) >= 11 is 0. The van der Waals surface area contributed by atoms with E-state index in [4.69, 9.17) is 15.2 Å². The monoisotopic (exact) mass is 491 g/mol. The molecule has 2 aromatic rings. The highest BCUT2D eigenvalue weighted by atomic mass is 19.4. The van der Waals surface area contributed by atoms with Gasteiger partial charge in [0.1, 0.15) is 11.5 Å². The Kier molecular flexibility index (Phi) is 7.00. The van der Waals surface area contributed by atoms with Gasteiger partial charge in [0.15, 0.2) is 11.6 Å². The Morgan fingerprint density at radius 2 is 1.66 bits per heavy atom. The Morgan fingerprint density at radius 1 is 1.03 bits per heavy atom. The van der Waals surface area contributed by atoms with Gasteiger partial charge in [-0.15, -0.1) is 13.2 Å². The Hall–Kier alpha value is -4.53. The van der Waals surface area contributed by atoms with Gasteiger partial charge in [0, 0.05) is 0 Å². The molecule has 2 aromatic carbocycles. The summed E-state index contributed by atoms with van der Waals surface area (Å²) in [5.74, 6) is -6.79. The van der Waals surface area contributed by atoms with Crippen molar-refractivity contribution in [2.24, 2.45) is 5.73 Å². The minimum Gasteiger partial charge on any atom is -0.466 e. The van der Waals surface area contributed by atoms with Gasteiger partial charge in [-0.3, -0.25) is 4.90 Å². The van der Waals surface area contributed by atoms with Crippen molar-refractivity contribution < 1.29 is 41.4 Å². The molecule has 2 N–H and O–H groups in total. The van der Waals surface area contributed by atoms with E-state index in [1.54, 1.807) is 30.3 Å². The number of anilines is 1. The van der Waals surface area contributed by atoms with Crippen LogP contribution in [0.5, 0.6) is 5.75 Å². The van der Waals surface area contributed by atoms with Crippen LogP contribution >= 0.6 is 0 Å².